The van der Waals surface area contributed by atoms with Gasteiger partial charge in [-0.2, -0.15) is 0 Å². The van der Waals surface area contributed by atoms with E-state index in [-0.39, 0.29) is 24.3 Å². The number of nitrogens with one attached hydrogen (secondary N) is 2. The summed E-state index contributed by atoms with van der Waals surface area (Å²) in [5.74, 6) is -1.92. The lowest BCUT2D eigenvalue weighted by Crippen LogP contribution is -2.47. The molecule has 3 N–H and O–H groups in total. The maximum atomic E-state index is 14.1. The van der Waals surface area contributed by atoms with Gasteiger partial charge in [0.25, 0.3) is 0 Å². The molecule has 3 aromatic rings. The Bertz CT molecular complexity index is 1560. The number of phosphoric ester groups is 1. The predicted octanol–water partition coefficient (Wildman–Crippen LogP) is 6.78. The summed E-state index contributed by atoms with van der Waals surface area (Å²) in [4.78, 5) is 31.1. The van der Waals surface area contributed by atoms with Crippen LogP contribution >= 0.6 is 7.82 Å². The lowest BCUT2D eigenvalue weighted by Gasteiger charge is -2.32. The molecule has 0 aliphatic carbocycles. The van der Waals surface area contributed by atoms with Crippen LogP contribution < -0.4 is 10.6 Å². The van der Waals surface area contributed by atoms with Gasteiger partial charge in [-0.05, 0) is 65.5 Å². The molecular weight excluding hydrogens is 637 g/mol. The third-order valence-electron chi connectivity index (χ3n) is 6.34. The zero-order chi connectivity index (χ0) is 35.0. The lowest BCUT2D eigenvalue weighted by atomic mass is 10.1. The van der Waals surface area contributed by atoms with Crippen LogP contribution in [0.2, 0.25) is 0 Å². The highest BCUT2D eigenvalue weighted by atomic mass is 31.2. The molecule has 0 bridgehead atoms. The molecule has 0 aliphatic rings. The van der Waals surface area contributed by atoms with Gasteiger partial charge in [0, 0.05) is 30.7 Å². The molecule has 0 unspecified atom stereocenters. The Morgan fingerprint density at radius 1 is 0.979 bits per heavy atom. The number of nitrogens with zero attached hydrogens (tertiary/aromatic N) is 2. The molecule has 2 aromatic carbocycles. The molecule has 1 aromatic heterocycles. The first-order valence-corrected chi connectivity index (χ1v) is 16.4. The third-order valence-corrected chi connectivity index (χ3v) is 8.35. The number of pyridine rings is 1. The number of phosphoric acid groups is 1. The number of ether oxygens (including phenoxy) is 1. The van der Waals surface area contributed by atoms with Gasteiger partial charge in [-0.25, -0.2) is 27.9 Å². The van der Waals surface area contributed by atoms with Crippen LogP contribution in [0, 0.1) is 11.6 Å². The summed E-state index contributed by atoms with van der Waals surface area (Å²) >= 11 is 0. The van der Waals surface area contributed by atoms with Crippen LogP contribution in [0.25, 0.3) is 10.8 Å². The van der Waals surface area contributed by atoms with E-state index >= 15 is 0 Å². The number of fused-ring (bicyclic) bond motifs is 1. The second kappa shape index (κ2) is 15.9. The quantitative estimate of drug-likeness (QED) is 0.166. The number of hydrogen-bond acceptors (Lipinski definition) is 9. The second-order valence-corrected chi connectivity index (χ2v) is 14.3. The lowest BCUT2D eigenvalue weighted by molar-refractivity contribution is -0.0155. The SMILES string of the molecule is CN(C(=O)NCc1cccc(F)c1F)[C@H](COC(=O)Nc1cc2ccccc2cn1)C[C@@H](O)COP(=O)(OC(C)(C)C)OC(C)(C)C. The monoisotopic (exact) mass is 680 g/mol. The van der Waals surface area contributed by atoms with Gasteiger partial charge in [0.15, 0.2) is 11.6 Å². The van der Waals surface area contributed by atoms with Crippen molar-refractivity contribution < 1.29 is 46.3 Å². The van der Waals surface area contributed by atoms with Crippen molar-refractivity contribution in [2.45, 2.75) is 77.9 Å². The van der Waals surface area contributed by atoms with E-state index < -0.39 is 68.1 Å². The number of benzene rings is 2. The van der Waals surface area contributed by atoms with Crippen molar-refractivity contribution in [2.24, 2.45) is 0 Å². The van der Waals surface area contributed by atoms with Gasteiger partial charge >= 0.3 is 19.9 Å². The summed E-state index contributed by atoms with van der Waals surface area (Å²) in [5.41, 5.74) is -1.90. The molecular formula is C32H43F2N4O8P. The number of hydrogen-bond donors (Lipinski definition) is 3. The standard InChI is InChI=1S/C32H43F2N4O8P/c1-31(2,3)45-47(42,46-32(4,5)6)44-20-25(39)16-24(38(7)29(40)36-18-23-13-10-14-26(33)28(23)34)19-43-30(41)37-27-15-21-11-8-9-12-22(21)17-35-27/h8-15,17,24-25,39H,16,18-20H2,1-7H3,(H,36,40)(H,35,37,41)/t24-,25+/m0/s1. The maximum Gasteiger partial charge on any atom is 0.475 e. The molecule has 3 amide bonds. The van der Waals surface area contributed by atoms with E-state index in [1.807, 2.05) is 24.3 Å². The highest BCUT2D eigenvalue weighted by Gasteiger charge is 2.38. The molecule has 3 rings (SSSR count). The molecule has 0 aliphatic heterocycles. The second-order valence-electron chi connectivity index (χ2n) is 12.8. The summed E-state index contributed by atoms with van der Waals surface area (Å²) in [6, 6.07) is 11.0. The summed E-state index contributed by atoms with van der Waals surface area (Å²) in [6.45, 7) is 8.75. The minimum absolute atomic E-state index is 0.0799. The Hall–Kier alpha value is -3.68. The average molecular weight is 681 g/mol. The van der Waals surface area contributed by atoms with Gasteiger partial charge in [-0.15, -0.1) is 0 Å². The minimum Gasteiger partial charge on any atom is -0.447 e. The van der Waals surface area contributed by atoms with E-state index in [1.54, 1.807) is 53.8 Å². The fraction of sp³-hybridized carbons (Fsp3) is 0.469. The van der Waals surface area contributed by atoms with E-state index in [2.05, 4.69) is 15.6 Å². The molecule has 1 heterocycles. The van der Waals surface area contributed by atoms with Crippen LogP contribution in [-0.2, 0) is 29.4 Å². The molecule has 12 nitrogen and oxygen atoms in total. The number of urea groups is 1. The van der Waals surface area contributed by atoms with E-state index in [9.17, 15) is 28.0 Å². The zero-order valence-corrected chi connectivity index (χ0v) is 28.5. The topological polar surface area (TPSA) is 149 Å². The third kappa shape index (κ3) is 12.5. The van der Waals surface area contributed by atoms with E-state index in [1.165, 1.54) is 19.2 Å². The van der Waals surface area contributed by atoms with Crippen molar-refractivity contribution in [1.29, 1.82) is 0 Å². The first kappa shape index (κ1) is 37.8. The number of likely N-dealkylation sites (N-methyl/N-ethyl adjacent to an activating group) is 1. The molecule has 0 saturated carbocycles. The Kier molecular flexibility index (Phi) is 12.8. The Balaban J connectivity index is 1.71. The van der Waals surface area contributed by atoms with E-state index in [0.29, 0.717) is 0 Å². The van der Waals surface area contributed by atoms with Gasteiger partial charge in [-0.1, -0.05) is 36.4 Å². The first-order chi connectivity index (χ1) is 21.8. The van der Waals surface area contributed by atoms with Gasteiger partial charge in [0.05, 0.1) is 30.0 Å². The number of rotatable bonds is 13. The number of anilines is 1. The van der Waals surface area contributed by atoms with Crippen LogP contribution in [0.4, 0.5) is 24.2 Å². The minimum atomic E-state index is -4.17. The van der Waals surface area contributed by atoms with Crippen molar-refractivity contribution in [3.05, 3.63) is 71.9 Å². The van der Waals surface area contributed by atoms with Gasteiger partial charge in [0.2, 0.25) is 0 Å². The van der Waals surface area contributed by atoms with Crippen LogP contribution in [0.1, 0.15) is 53.5 Å². The number of aromatic nitrogens is 1. The van der Waals surface area contributed by atoms with Crippen LogP contribution in [0.15, 0.2) is 54.7 Å². The van der Waals surface area contributed by atoms with Crippen molar-refractivity contribution in [1.82, 2.24) is 15.2 Å². The smallest absolute Gasteiger partial charge is 0.447 e. The molecule has 258 valence electrons. The molecule has 0 spiro atoms. The summed E-state index contributed by atoms with van der Waals surface area (Å²) < 4.78 is 63.3. The highest BCUT2D eigenvalue weighted by Crippen LogP contribution is 2.55. The van der Waals surface area contributed by atoms with Crippen molar-refractivity contribution in [3.8, 4) is 0 Å². The maximum absolute atomic E-state index is 14.1. The van der Waals surface area contributed by atoms with Crippen LogP contribution in [0.3, 0.4) is 0 Å². The Morgan fingerprint density at radius 2 is 1.62 bits per heavy atom. The first-order valence-electron chi connectivity index (χ1n) is 14.9. The number of carbonyl (C=O) groups excluding carboxylic acids is 2. The van der Waals surface area contributed by atoms with Gasteiger partial charge in [0.1, 0.15) is 12.4 Å². The van der Waals surface area contributed by atoms with Crippen molar-refractivity contribution >= 4 is 36.5 Å². The number of amides is 3. The summed E-state index contributed by atoms with van der Waals surface area (Å²) in [5, 5.41) is 17.6. The van der Waals surface area contributed by atoms with Crippen molar-refractivity contribution in [3.63, 3.8) is 0 Å². The van der Waals surface area contributed by atoms with Crippen molar-refractivity contribution in [2.75, 3.05) is 25.6 Å². The number of halogens is 2. The van der Waals surface area contributed by atoms with E-state index in [0.717, 1.165) is 21.7 Å². The fourth-order valence-electron chi connectivity index (χ4n) is 4.25. The van der Waals surface area contributed by atoms with Gasteiger partial charge in [-0.3, -0.25) is 18.9 Å². The largest absolute Gasteiger partial charge is 0.475 e. The number of aliphatic hydroxyl groups excluding tert-OH is 1. The van der Waals surface area contributed by atoms with Gasteiger partial charge < -0.3 is 20.1 Å². The fourth-order valence-corrected chi connectivity index (χ4v) is 6.09. The normalized spacial score (nSPS) is 13.6. The molecule has 0 fully saturated rings. The predicted molar refractivity (Wildman–Crippen MR) is 173 cm³/mol. The summed E-state index contributed by atoms with van der Waals surface area (Å²) in [6.07, 6.45) is -0.842. The number of aliphatic hydroxyl groups is 1. The Morgan fingerprint density at radius 3 is 2.26 bits per heavy atom. The zero-order valence-electron chi connectivity index (χ0n) is 27.6. The molecule has 2 atom stereocenters. The molecule has 0 radical (unpaired) electrons. The molecule has 47 heavy (non-hydrogen) atoms. The van der Waals surface area contributed by atoms with Crippen LogP contribution in [-0.4, -0.2) is 70.7 Å². The Labute approximate surface area is 273 Å². The summed E-state index contributed by atoms with van der Waals surface area (Å²) in [7, 11) is -2.79. The average Bonchev–Trinajstić information content (AvgIpc) is 2.96. The molecule has 0 saturated heterocycles. The van der Waals surface area contributed by atoms with E-state index in [4.69, 9.17) is 18.3 Å². The number of carbonyl (C=O) groups is 2. The van der Waals surface area contributed by atoms with Crippen LogP contribution in [0.5, 0.6) is 0 Å². The highest BCUT2D eigenvalue weighted by molar-refractivity contribution is 7.48. The molecule has 15 heteroatoms.